The van der Waals surface area contributed by atoms with Gasteiger partial charge in [0.1, 0.15) is 0 Å². The van der Waals surface area contributed by atoms with E-state index < -0.39 is 21.1 Å². The molecule has 0 saturated heterocycles. The maximum atomic E-state index is 11.1. The van der Waals surface area contributed by atoms with E-state index in [9.17, 15) is 13.2 Å². The first kappa shape index (κ1) is 9.63. The van der Waals surface area contributed by atoms with Crippen molar-refractivity contribution < 1.29 is 18.3 Å². The predicted octanol–water partition coefficient (Wildman–Crippen LogP) is 0.436. The first-order valence-electron chi connectivity index (χ1n) is 3.38. The fourth-order valence-corrected chi connectivity index (χ4v) is 1.06. The summed E-state index contributed by atoms with van der Waals surface area (Å²) in [6.07, 6.45) is 0. The molecule has 0 atom stereocenters. The van der Waals surface area contributed by atoms with Crippen molar-refractivity contribution in [3.8, 4) is 0 Å². The Hall–Kier alpha value is -1.46. The van der Waals surface area contributed by atoms with Gasteiger partial charge in [-0.25, -0.2) is 0 Å². The minimum Gasteiger partial charge on any atom is -0.345 e. The average Bonchev–Trinajstić information content (AvgIpc) is 2.17. The zero-order valence-corrected chi connectivity index (χ0v) is 7.28. The van der Waals surface area contributed by atoms with Crippen molar-refractivity contribution in [1.29, 1.82) is 0 Å². The fraction of sp³-hybridized carbons (Fsp3) is 0. The summed E-state index contributed by atoms with van der Waals surface area (Å²) < 4.78 is 20.4. The zero-order chi connectivity index (χ0) is 9.84. The second kappa shape index (κ2) is 3.97. The summed E-state index contributed by atoms with van der Waals surface area (Å²) in [5.41, 5.74) is 0.143. The molecule has 1 N–H and O–H groups in total. The molecule has 0 aliphatic rings. The molecule has 1 aromatic rings. The van der Waals surface area contributed by atoms with Crippen molar-refractivity contribution >= 4 is 21.1 Å². The minimum atomic E-state index is -2.87. The number of rotatable bonds is 2. The smallest absolute Gasteiger partial charge is 0.249 e. The van der Waals surface area contributed by atoms with Gasteiger partial charge in [0.2, 0.25) is 21.1 Å². The van der Waals surface area contributed by atoms with E-state index in [1.165, 1.54) is 12.1 Å². The van der Waals surface area contributed by atoms with E-state index in [0.29, 0.717) is 0 Å². The lowest BCUT2D eigenvalue weighted by Crippen LogP contribution is -2.14. The second-order valence-electron chi connectivity index (χ2n) is 2.24. The summed E-state index contributed by atoms with van der Waals surface area (Å²) in [5.74, 6) is -0.895. The lowest BCUT2D eigenvalue weighted by atomic mass is 10.1. The van der Waals surface area contributed by atoms with Crippen molar-refractivity contribution in [3.63, 3.8) is 0 Å². The van der Waals surface area contributed by atoms with Gasteiger partial charge in [-0.15, -0.1) is 0 Å². The average molecular weight is 198 g/mol. The van der Waals surface area contributed by atoms with Gasteiger partial charge in [0.15, 0.2) is 0 Å². The number of ketones is 1. The van der Waals surface area contributed by atoms with Crippen LogP contribution in [0.4, 0.5) is 0 Å². The van der Waals surface area contributed by atoms with Crippen LogP contribution in [0.15, 0.2) is 30.3 Å². The van der Waals surface area contributed by atoms with Crippen molar-refractivity contribution in [3.05, 3.63) is 35.9 Å². The highest BCUT2D eigenvalue weighted by Gasteiger charge is 2.11. The van der Waals surface area contributed by atoms with Crippen molar-refractivity contribution in [1.82, 2.24) is 0 Å². The van der Waals surface area contributed by atoms with Crippen LogP contribution in [-0.2, 0) is 10.3 Å². The number of Topliss-reactive ketones (excluding diaryl/α,β-unsaturated/α-hetero) is 1. The summed E-state index contributed by atoms with van der Waals surface area (Å²) in [5, 5.41) is 7.64. The molecule has 0 spiro atoms. The number of benzene rings is 1. The molecule has 0 heterocycles. The van der Waals surface area contributed by atoms with Crippen LogP contribution in [0.5, 0.6) is 0 Å². The van der Waals surface area contributed by atoms with E-state index in [1.807, 2.05) is 0 Å². The third-order valence-corrected chi connectivity index (χ3v) is 1.89. The molecule has 0 unspecified atom stereocenters. The minimum absolute atomic E-state index is 0.143. The normalized spacial score (nSPS) is 9.31. The molecule has 5 heteroatoms. The molecule has 0 aliphatic heterocycles. The standard InChI is InChI=1S/C8H6O4S/c9-7(8(10)13(11)12)6-4-2-1-3-5-6/h1-5,10H. The van der Waals surface area contributed by atoms with Gasteiger partial charge in [-0.1, -0.05) is 30.3 Å². The summed E-state index contributed by atoms with van der Waals surface area (Å²) in [6, 6.07) is 7.68. The van der Waals surface area contributed by atoms with Crippen LogP contribution >= 0.6 is 0 Å². The molecule has 0 bridgehead atoms. The number of carbonyl (C=O) groups excluding carboxylic acids is 1. The van der Waals surface area contributed by atoms with E-state index in [1.54, 1.807) is 18.2 Å². The maximum absolute atomic E-state index is 11.1. The van der Waals surface area contributed by atoms with Crippen LogP contribution in [0.3, 0.4) is 0 Å². The summed E-state index contributed by atoms with van der Waals surface area (Å²) in [4.78, 5) is 11.1. The van der Waals surface area contributed by atoms with E-state index in [0.717, 1.165) is 0 Å². The molecule has 13 heavy (non-hydrogen) atoms. The van der Waals surface area contributed by atoms with Crippen LogP contribution in [0.25, 0.3) is 0 Å². The van der Waals surface area contributed by atoms with Crippen LogP contribution < -0.4 is 0 Å². The van der Waals surface area contributed by atoms with Gasteiger partial charge in [0.05, 0.1) is 0 Å². The van der Waals surface area contributed by atoms with Crippen LogP contribution in [0.2, 0.25) is 0 Å². The maximum Gasteiger partial charge on any atom is 0.249 e. The number of aliphatic hydroxyl groups excluding tert-OH is 1. The first-order chi connectivity index (χ1) is 6.13. The summed E-state index contributed by atoms with van der Waals surface area (Å²) in [6.45, 7) is 0. The van der Waals surface area contributed by atoms with Gasteiger partial charge in [-0.2, -0.15) is 8.42 Å². The molecule has 0 aromatic heterocycles. The Bertz CT molecular complexity index is 436. The number of aliphatic hydroxyl groups is 1. The van der Waals surface area contributed by atoms with Crippen molar-refractivity contribution in [2.24, 2.45) is 0 Å². The molecule has 0 radical (unpaired) electrons. The van der Waals surface area contributed by atoms with Crippen molar-refractivity contribution in [2.75, 3.05) is 0 Å². The monoisotopic (exact) mass is 198 g/mol. The van der Waals surface area contributed by atoms with Gasteiger partial charge >= 0.3 is 0 Å². The highest BCUT2D eigenvalue weighted by Crippen LogP contribution is 1.99. The first-order valence-corrected chi connectivity index (χ1v) is 4.45. The van der Waals surface area contributed by atoms with E-state index in [4.69, 9.17) is 5.11 Å². The van der Waals surface area contributed by atoms with Crippen molar-refractivity contribution in [2.45, 2.75) is 0 Å². The molecule has 1 rings (SSSR count). The Morgan fingerprint density at radius 1 is 1.15 bits per heavy atom. The quantitative estimate of drug-likeness (QED) is 0.552. The molecular weight excluding hydrogens is 192 g/mol. The predicted molar refractivity (Wildman–Crippen MR) is 47.3 cm³/mol. The van der Waals surface area contributed by atoms with E-state index in [-0.39, 0.29) is 5.56 Å². The largest absolute Gasteiger partial charge is 0.345 e. The van der Waals surface area contributed by atoms with Gasteiger partial charge in [-0.05, 0) is 0 Å². The number of hydrogen-bond acceptors (Lipinski definition) is 3. The highest BCUT2D eigenvalue weighted by atomic mass is 32.2. The van der Waals surface area contributed by atoms with Gasteiger partial charge in [0.25, 0.3) is 0 Å². The van der Waals surface area contributed by atoms with Gasteiger partial charge in [0, 0.05) is 5.56 Å². The summed E-state index contributed by atoms with van der Waals surface area (Å²) in [7, 11) is -2.87. The third-order valence-electron chi connectivity index (χ3n) is 1.39. The molecule has 68 valence electrons. The number of carbonyl (C=O) groups is 1. The van der Waals surface area contributed by atoms with Crippen LogP contribution in [0.1, 0.15) is 10.4 Å². The Labute approximate surface area is 76.0 Å². The molecule has 0 saturated carbocycles. The SMILES string of the molecule is O=C(C(O)=S(=O)=O)c1ccccc1. The lowest BCUT2D eigenvalue weighted by Gasteiger charge is -1.93. The zero-order valence-electron chi connectivity index (χ0n) is 6.47. The molecule has 4 nitrogen and oxygen atoms in total. The Balaban J connectivity index is 3.15. The molecule has 1 aromatic carbocycles. The Morgan fingerprint density at radius 3 is 2.15 bits per heavy atom. The molecular formula is C8H6O4S. The Morgan fingerprint density at radius 2 is 1.69 bits per heavy atom. The molecule has 0 fully saturated rings. The van der Waals surface area contributed by atoms with Gasteiger partial charge < -0.3 is 5.11 Å². The van der Waals surface area contributed by atoms with E-state index >= 15 is 0 Å². The summed E-state index contributed by atoms with van der Waals surface area (Å²) >= 11 is 0. The number of hydrogen-bond donors (Lipinski definition) is 1. The van der Waals surface area contributed by atoms with Crippen LogP contribution in [0, 0.1) is 0 Å². The van der Waals surface area contributed by atoms with Crippen LogP contribution in [-0.4, -0.2) is 24.4 Å². The molecule has 0 amide bonds. The third kappa shape index (κ3) is 2.24. The molecule has 0 aliphatic carbocycles. The van der Waals surface area contributed by atoms with E-state index in [2.05, 4.69) is 0 Å². The van der Waals surface area contributed by atoms with Gasteiger partial charge in [-0.3, -0.25) is 4.79 Å². The highest BCUT2D eigenvalue weighted by molar-refractivity contribution is 7.74. The Kier molecular flexibility index (Phi) is 2.94. The second-order valence-corrected chi connectivity index (χ2v) is 3.09. The fourth-order valence-electron chi connectivity index (χ4n) is 0.789. The lowest BCUT2D eigenvalue weighted by molar-refractivity contribution is 0.105. The topological polar surface area (TPSA) is 71.4 Å².